The average molecular weight is 616 g/mol. The van der Waals surface area contributed by atoms with Crippen molar-refractivity contribution >= 4 is 34.5 Å². The lowest BCUT2D eigenvalue weighted by Gasteiger charge is -2.31. The van der Waals surface area contributed by atoms with E-state index in [1.54, 1.807) is 24.4 Å². The number of nitrogens with zero attached hydrogens (tertiary/aromatic N) is 5. The lowest BCUT2D eigenvalue weighted by Crippen LogP contribution is -2.43. The molecule has 3 aromatic rings. The molecular weight excluding hydrogens is 584 g/mol. The molecule has 0 aliphatic carbocycles. The molecule has 5 aliphatic heterocycles. The maximum atomic E-state index is 16.6. The summed E-state index contributed by atoms with van der Waals surface area (Å²) in [7, 11) is 0. The standard InChI is InChI=1S/C30H32ClF2N5O5/c31-23-6-1-4-21-20(23)5-2-10-41-29(39)43-19-15-37(9-11-40-16-19)27-22-13-34-25(21)24(33)26(22)35-28(36-27)42-17-30-7-3-8-38(30)14-18(32)12-30/h1,4,6,13,18-19H,2-3,5,7-12,14-17H2/t18-,19+,30+/m1/s1. The van der Waals surface area contributed by atoms with E-state index in [-0.39, 0.29) is 43.6 Å². The number of carbonyl (C=O) groups is 1. The smallest absolute Gasteiger partial charge is 0.461 e. The fourth-order valence-electron chi connectivity index (χ4n) is 6.81. The van der Waals surface area contributed by atoms with Crippen LogP contribution in [0.3, 0.4) is 0 Å². The zero-order valence-electron chi connectivity index (χ0n) is 23.6. The van der Waals surface area contributed by atoms with Crippen LogP contribution in [-0.4, -0.2) is 96.4 Å². The molecule has 5 aliphatic rings. The molecule has 2 aromatic heterocycles. The van der Waals surface area contributed by atoms with Crippen molar-refractivity contribution in [1.29, 1.82) is 0 Å². The monoisotopic (exact) mass is 615 g/mol. The second-order valence-electron chi connectivity index (χ2n) is 11.6. The van der Waals surface area contributed by atoms with Gasteiger partial charge in [0.15, 0.2) is 5.82 Å². The van der Waals surface area contributed by atoms with Crippen LogP contribution in [0.4, 0.5) is 19.4 Å². The summed E-state index contributed by atoms with van der Waals surface area (Å²) >= 11 is 6.56. The molecule has 6 bridgehead atoms. The number of hydrogen-bond acceptors (Lipinski definition) is 10. The van der Waals surface area contributed by atoms with Crippen LogP contribution in [0, 0.1) is 5.82 Å². The number of carbonyl (C=O) groups excluding carboxylic acids is 1. The van der Waals surface area contributed by atoms with Gasteiger partial charge in [0.05, 0.1) is 37.3 Å². The van der Waals surface area contributed by atoms with Gasteiger partial charge in [-0.05, 0) is 43.9 Å². The van der Waals surface area contributed by atoms with Gasteiger partial charge in [-0.2, -0.15) is 9.97 Å². The highest BCUT2D eigenvalue weighted by molar-refractivity contribution is 6.31. The highest BCUT2D eigenvalue weighted by Crippen LogP contribution is 2.41. The second-order valence-corrected chi connectivity index (χ2v) is 12.0. The molecule has 13 heteroatoms. The van der Waals surface area contributed by atoms with E-state index in [0.717, 1.165) is 19.4 Å². The van der Waals surface area contributed by atoms with Crippen molar-refractivity contribution in [2.75, 3.05) is 57.5 Å². The van der Waals surface area contributed by atoms with E-state index in [9.17, 15) is 9.18 Å². The highest BCUT2D eigenvalue weighted by atomic mass is 35.5. The van der Waals surface area contributed by atoms with Crippen LogP contribution in [0.25, 0.3) is 22.2 Å². The molecule has 0 radical (unpaired) electrons. The van der Waals surface area contributed by atoms with Crippen molar-refractivity contribution in [1.82, 2.24) is 19.9 Å². The summed E-state index contributed by atoms with van der Waals surface area (Å²) in [5, 5.41) is 0.824. The first-order valence-corrected chi connectivity index (χ1v) is 15.1. The molecule has 3 saturated heterocycles. The first kappa shape index (κ1) is 28.4. The molecule has 0 amide bonds. The van der Waals surface area contributed by atoms with Gasteiger partial charge in [-0.15, -0.1) is 0 Å². The predicted octanol–water partition coefficient (Wildman–Crippen LogP) is 4.74. The predicted molar refractivity (Wildman–Crippen MR) is 154 cm³/mol. The first-order valence-electron chi connectivity index (χ1n) is 14.7. The third-order valence-corrected chi connectivity index (χ3v) is 9.19. The van der Waals surface area contributed by atoms with Gasteiger partial charge in [-0.3, -0.25) is 9.88 Å². The second kappa shape index (κ2) is 11.6. The lowest BCUT2D eigenvalue weighted by molar-refractivity contribution is -0.00448. The number of pyridine rings is 1. The third-order valence-electron chi connectivity index (χ3n) is 8.84. The van der Waals surface area contributed by atoms with Crippen molar-refractivity contribution in [3.63, 3.8) is 0 Å². The lowest BCUT2D eigenvalue weighted by atomic mass is 9.95. The minimum atomic E-state index is -0.914. The van der Waals surface area contributed by atoms with Crippen molar-refractivity contribution < 1.29 is 32.5 Å². The van der Waals surface area contributed by atoms with Crippen LogP contribution in [0.1, 0.15) is 31.2 Å². The molecule has 0 saturated carbocycles. The van der Waals surface area contributed by atoms with E-state index < -0.39 is 29.8 Å². The summed E-state index contributed by atoms with van der Waals surface area (Å²) in [6.07, 6.45) is 2.20. The fraction of sp³-hybridized carbons (Fsp3) is 0.533. The molecule has 0 unspecified atom stereocenters. The Labute approximate surface area is 252 Å². The molecule has 0 spiro atoms. The Hall–Kier alpha value is -3.35. The maximum Gasteiger partial charge on any atom is 0.508 e. The molecule has 43 heavy (non-hydrogen) atoms. The number of fused-ring (bicyclic) bond motifs is 7. The summed E-state index contributed by atoms with van der Waals surface area (Å²) in [6.45, 7) is 2.60. The van der Waals surface area contributed by atoms with Crippen LogP contribution in [-0.2, 0) is 20.6 Å². The van der Waals surface area contributed by atoms with Gasteiger partial charge in [-0.1, -0.05) is 23.7 Å². The molecule has 0 N–H and O–H groups in total. The van der Waals surface area contributed by atoms with Gasteiger partial charge in [0, 0.05) is 36.3 Å². The Morgan fingerprint density at radius 1 is 1.16 bits per heavy atom. The Balaban J connectivity index is 1.35. The number of aromatic nitrogens is 3. The van der Waals surface area contributed by atoms with Crippen LogP contribution in [0.15, 0.2) is 24.4 Å². The third kappa shape index (κ3) is 5.44. The van der Waals surface area contributed by atoms with E-state index in [2.05, 4.69) is 14.9 Å². The Morgan fingerprint density at radius 2 is 2.07 bits per heavy atom. The van der Waals surface area contributed by atoms with Crippen LogP contribution in [0.2, 0.25) is 5.02 Å². The van der Waals surface area contributed by atoms with Gasteiger partial charge in [-0.25, -0.2) is 13.6 Å². The zero-order chi connectivity index (χ0) is 29.6. The fourth-order valence-corrected chi connectivity index (χ4v) is 7.08. The van der Waals surface area contributed by atoms with Gasteiger partial charge in [0.25, 0.3) is 0 Å². The molecule has 228 valence electrons. The topological polar surface area (TPSA) is 99.1 Å². The molecule has 10 nitrogen and oxygen atoms in total. The van der Waals surface area contributed by atoms with E-state index in [1.165, 1.54) is 0 Å². The van der Waals surface area contributed by atoms with E-state index >= 15 is 4.39 Å². The minimum absolute atomic E-state index is 0.0171. The Kier molecular flexibility index (Phi) is 7.68. The highest BCUT2D eigenvalue weighted by Gasteiger charge is 2.49. The van der Waals surface area contributed by atoms with Crippen LogP contribution in [0.5, 0.6) is 6.01 Å². The minimum Gasteiger partial charge on any atom is -0.461 e. The number of hydrogen-bond donors (Lipinski definition) is 0. The van der Waals surface area contributed by atoms with Gasteiger partial charge >= 0.3 is 12.2 Å². The number of anilines is 1. The van der Waals surface area contributed by atoms with Crippen molar-refractivity contribution in [2.24, 2.45) is 0 Å². The number of alkyl halides is 1. The first-order chi connectivity index (χ1) is 20.9. The SMILES string of the molecule is O=C1OCCCc2c(Cl)cccc2-c2ncc3c(nc(OC[C@@]45CCCN4C[C@H](F)C5)nc3c2F)N2CCOC[C@H](C2)O1. The quantitative estimate of drug-likeness (QED) is 0.384. The Morgan fingerprint density at radius 3 is 2.98 bits per heavy atom. The van der Waals surface area contributed by atoms with Gasteiger partial charge in [0.1, 0.15) is 35.9 Å². The van der Waals surface area contributed by atoms with E-state index in [1.807, 2.05) is 4.90 Å². The summed E-state index contributed by atoms with van der Waals surface area (Å²) in [5.41, 5.74) is 0.909. The average Bonchev–Trinajstić information content (AvgIpc) is 3.41. The summed E-state index contributed by atoms with van der Waals surface area (Å²) in [6, 6.07) is 5.21. The van der Waals surface area contributed by atoms with Crippen molar-refractivity contribution in [3.05, 3.63) is 40.8 Å². The molecular formula is C30H32ClF2N5O5. The number of ether oxygens (including phenoxy) is 4. The summed E-state index contributed by atoms with van der Waals surface area (Å²) in [5.74, 6) is -0.253. The summed E-state index contributed by atoms with van der Waals surface area (Å²) in [4.78, 5) is 30.3. The number of halogens is 3. The van der Waals surface area contributed by atoms with Crippen molar-refractivity contribution in [3.8, 4) is 17.3 Å². The molecule has 1 aromatic carbocycles. The number of rotatable bonds is 3. The Bertz CT molecular complexity index is 1550. The molecule has 3 atom stereocenters. The van der Waals surface area contributed by atoms with Crippen molar-refractivity contribution in [2.45, 2.75) is 49.9 Å². The van der Waals surface area contributed by atoms with Gasteiger partial charge < -0.3 is 23.8 Å². The number of benzene rings is 1. The van der Waals surface area contributed by atoms with Crippen LogP contribution < -0.4 is 9.64 Å². The largest absolute Gasteiger partial charge is 0.508 e. The molecule has 8 rings (SSSR count). The van der Waals surface area contributed by atoms with Gasteiger partial charge in [0.2, 0.25) is 0 Å². The normalized spacial score (nSPS) is 26.2. The molecule has 7 heterocycles. The maximum absolute atomic E-state index is 16.6. The van der Waals surface area contributed by atoms with E-state index in [4.69, 9.17) is 35.5 Å². The van der Waals surface area contributed by atoms with E-state index in [0.29, 0.717) is 66.3 Å². The summed E-state index contributed by atoms with van der Waals surface area (Å²) < 4.78 is 53.8. The molecule has 3 fully saturated rings. The zero-order valence-corrected chi connectivity index (χ0v) is 24.3. The van der Waals surface area contributed by atoms with Crippen LogP contribution >= 0.6 is 11.6 Å².